The Balaban J connectivity index is 1.73. The maximum absolute atomic E-state index is 6.55. The molecule has 0 aliphatic carbocycles. The summed E-state index contributed by atoms with van der Waals surface area (Å²) in [4.78, 5) is 11.8. The van der Waals surface area contributed by atoms with Crippen LogP contribution in [-0.4, -0.2) is 50.2 Å². The molecule has 8 heteroatoms. The lowest BCUT2D eigenvalue weighted by Gasteiger charge is -2.37. The number of fused-ring (bicyclic) bond motifs is 1. The first kappa shape index (κ1) is 26.7. The van der Waals surface area contributed by atoms with Gasteiger partial charge in [0.1, 0.15) is 11.5 Å². The summed E-state index contributed by atoms with van der Waals surface area (Å²) in [5.74, 6) is 1.47. The van der Waals surface area contributed by atoms with Crippen LogP contribution in [0.4, 0.5) is 11.4 Å². The molecular formula is C29H38N4O3Si. The van der Waals surface area contributed by atoms with E-state index >= 15 is 0 Å². The van der Waals surface area contributed by atoms with Crippen LogP contribution in [0.15, 0.2) is 61.1 Å². The molecule has 7 nitrogen and oxygen atoms in total. The van der Waals surface area contributed by atoms with Crippen LogP contribution in [0.3, 0.4) is 0 Å². The molecule has 2 aromatic carbocycles. The number of rotatable bonds is 9. The molecule has 0 atom stereocenters. The van der Waals surface area contributed by atoms with E-state index in [2.05, 4.69) is 55.9 Å². The van der Waals surface area contributed by atoms with E-state index in [9.17, 15) is 0 Å². The predicted molar refractivity (Wildman–Crippen MR) is 154 cm³/mol. The Labute approximate surface area is 221 Å². The van der Waals surface area contributed by atoms with Gasteiger partial charge in [0.05, 0.1) is 43.8 Å². The van der Waals surface area contributed by atoms with Crippen molar-refractivity contribution in [3.63, 3.8) is 0 Å². The van der Waals surface area contributed by atoms with Crippen molar-refractivity contribution in [2.45, 2.75) is 38.9 Å². The Hall–Kier alpha value is -3.36. The van der Waals surface area contributed by atoms with Crippen molar-refractivity contribution in [1.29, 1.82) is 0 Å². The van der Waals surface area contributed by atoms with Gasteiger partial charge in [-0.3, -0.25) is 4.98 Å². The van der Waals surface area contributed by atoms with E-state index < -0.39 is 8.32 Å². The standard InChI is InChI=1S/C29H38N4O3Si/c1-29(2,3)37(7,8)36-14-13-33(23-15-24(34-5)18-25(16-23)35-6)22-9-10-26-27(17-22)31-28(19-30-26)21-11-12-32(4)20-21/h9-12,15-20H,13-14H2,1-8H3. The molecule has 4 rings (SSSR count). The molecule has 0 aliphatic heterocycles. The number of benzene rings is 2. The largest absolute Gasteiger partial charge is 0.497 e. The molecule has 0 saturated heterocycles. The molecule has 0 aliphatic rings. The fourth-order valence-electron chi connectivity index (χ4n) is 3.93. The molecule has 196 valence electrons. The van der Waals surface area contributed by atoms with Crippen molar-refractivity contribution >= 4 is 30.7 Å². The first-order valence-corrected chi connectivity index (χ1v) is 15.5. The van der Waals surface area contributed by atoms with Crippen molar-refractivity contribution in [3.8, 4) is 22.8 Å². The fourth-order valence-corrected chi connectivity index (χ4v) is 4.96. The van der Waals surface area contributed by atoms with Crippen molar-refractivity contribution < 1.29 is 13.9 Å². The maximum atomic E-state index is 6.55. The molecular weight excluding hydrogens is 480 g/mol. The summed E-state index contributed by atoms with van der Waals surface area (Å²) in [5.41, 5.74) is 5.54. The third kappa shape index (κ3) is 5.97. The SMILES string of the molecule is COc1cc(OC)cc(N(CCO[Si](C)(C)C(C)(C)C)c2ccc3ncc(-c4ccn(C)c4)nc3c2)c1. The molecule has 4 aromatic rings. The number of anilines is 2. The van der Waals surface area contributed by atoms with Gasteiger partial charge in [-0.1, -0.05) is 20.8 Å². The summed E-state index contributed by atoms with van der Waals surface area (Å²) in [7, 11) is 3.44. The van der Waals surface area contributed by atoms with Crippen LogP contribution < -0.4 is 14.4 Å². The molecule has 0 bridgehead atoms. The summed E-state index contributed by atoms with van der Waals surface area (Å²) in [5, 5.41) is 0.142. The first-order valence-electron chi connectivity index (χ1n) is 12.5. The van der Waals surface area contributed by atoms with Gasteiger partial charge in [-0.15, -0.1) is 0 Å². The lowest BCUT2D eigenvalue weighted by Crippen LogP contribution is -2.42. The van der Waals surface area contributed by atoms with Crippen LogP contribution in [0, 0.1) is 0 Å². The quantitative estimate of drug-likeness (QED) is 0.227. The number of hydrogen-bond acceptors (Lipinski definition) is 6. The Morgan fingerprint density at radius 1 is 0.919 bits per heavy atom. The zero-order valence-corrected chi connectivity index (χ0v) is 24.2. The summed E-state index contributed by atoms with van der Waals surface area (Å²) < 4.78 is 19.7. The molecule has 0 unspecified atom stereocenters. The highest BCUT2D eigenvalue weighted by atomic mass is 28.4. The predicted octanol–water partition coefficient (Wildman–Crippen LogP) is 6.81. The lowest BCUT2D eigenvalue weighted by atomic mass is 10.2. The average Bonchev–Trinajstić information content (AvgIpc) is 3.31. The molecule has 2 heterocycles. The highest BCUT2D eigenvalue weighted by Gasteiger charge is 2.37. The number of hydrogen-bond donors (Lipinski definition) is 0. The maximum Gasteiger partial charge on any atom is 0.192 e. The number of methoxy groups -OCH3 is 2. The monoisotopic (exact) mass is 518 g/mol. The van der Waals surface area contributed by atoms with E-state index in [1.165, 1.54) is 0 Å². The molecule has 0 amide bonds. The summed E-state index contributed by atoms with van der Waals surface area (Å²) in [6.07, 6.45) is 5.89. The van der Waals surface area contributed by atoms with Crippen LogP contribution in [0.5, 0.6) is 11.5 Å². The zero-order valence-electron chi connectivity index (χ0n) is 23.2. The Morgan fingerprint density at radius 3 is 2.22 bits per heavy atom. The Bertz CT molecular complexity index is 1360. The Kier molecular flexibility index (Phi) is 7.61. The lowest BCUT2D eigenvalue weighted by molar-refractivity contribution is 0.297. The smallest absolute Gasteiger partial charge is 0.192 e. The fraction of sp³-hybridized carbons (Fsp3) is 0.379. The summed E-state index contributed by atoms with van der Waals surface area (Å²) in [6, 6.07) is 14.2. The van der Waals surface area contributed by atoms with Crippen molar-refractivity contribution in [2.24, 2.45) is 7.05 Å². The van der Waals surface area contributed by atoms with E-state index in [1.807, 2.05) is 60.5 Å². The van der Waals surface area contributed by atoms with Crippen molar-refractivity contribution in [1.82, 2.24) is 14.5 Å². The van der Waals surface area contributed by atoms with Crippen LogP contribution in [-0.2, 0) is 11.5 Å². The van der Waals surface area contributed by atoms with Gasteiger partial charge in [0.2, 0.25) is 0 Å². The molecule has 37 heavy (non-hydrogen) atoms. The van der Waals surface area contributed by atoms with Crippen molar-refractivity contribution in [3.05, 3.63) is 61.1 Å². The summed E-state index contributed by atoms with van der Waals surface area (Å²) >= 11 is 0. The second-order valence-electron chi connectivity index (χ2n) is 10.8. The van der Waals surface area contributed by atoms with Gasteiger partial charge >= 0.3 is 0 Å². The van der Waals surface area contributed by atoms with Crippen LogP contribution in [0.1, 0.15) is 20.8 Å². The van der Waals surface area contributed by atoms with Crippen LogP contribution in [0.2, 0.25) is 18.1 Å². The van der Waals surface area contributed by atoms with Gasteiger partial charge in [0.15, 0.2) is 8.32 Å². The average molecular weight is 519 g/mol. The van der Waals surface area contributed by atoms with E-state index in [0.29, 0.717) is 13.2 Å². The highest BCUT2D eigenvalue weighted by molar-refractivity contribution is 6.74. The number of aryl methyl sites for hydroxylation is 1. The molecule has 0 radical (unpaired) electrons. The summed E-state index contributed by atoms with van der Waals surface area (Å²) in [6.45, 7) is 12.6. The van der Waals surface area contributed by atoms with Crippen LogP contribution in [0.25, 0.3) is 22.3 Å². The Morgan fingerprint density at radius 2 is 1.62 bits per heavy atom. The second kappa shape index (κ2) is 10.6. The van der Waals surface area contributed by atoms with Gasteiger partial charge in [0.25, 0.3) is 0 Å². The van der Waals surface area contributed by atoms with E-state index in [0.717, 1.165) is 45.2 Å². The van der Waals surface area contributed by atoms with Gasteiger partial charge in [-0.05, 0) is 42.4 Å². The van der Waals surface area contributed by atoms with E-state index in [4.69, 9.17) is 18.9 Å². The third-order valence-electron chi connectivity index (χ3n) is 7.20. The number of nitrogens with zero attached hydrogens (tertiary/aromatic N) is 4. The van der Waals surface area contributed by atoms with Crippen LogP contribution >= 0.6 is 0 Å². The first-order chi connectivity index (χ1) is 17.5. The number of ether oxygens (including phenoxy) is 2. The zero-order chi connectivity index (χ0) is 26.8. The molecule has 0 N–H and O–H groups in total. The van der Waals surface area contributed by atoms with Gasteiger partial charge in [0, 0.05) is 61.1 Å². The minimum Gasteiger partial charge on any atom is -0.497 e. The molecule has 2 aromatic heterocycles. The normalized spacial score (nSPS) is 12.1. The third-order valence-corrected chi connectivity index (χ3v) is 11.7. The molecule has 0 saturated carbocycles. The van der Waals surface area contributed by atoms with Gasteiger partial charge in [-0.2, -0.15) is 0 Å². The molecule has 0 spiro atoms. The van der Waals surface area contributed by atoms with Gasteiger partial charge < -0.3 is 23.4 Å². The topological polar surface area (TPSA) is 61.6 Å². The second-order valence-corrected chi connectivity index (χ2v) is 15.6. The number of aromatic nitrogens is 3. The minimum atomic E-state index is -1.90. The highest BCUT2D eigenvalue weighted by Crippen LogP contribution is 2.37. The van der Waals surface area contributed by atoms with E-state index in [1.54, 1.807) is 14.2 Å². The van der Waals surface area contributed by atoms with Gasteiger partial charge in [-0.25, -0.2) is 4.98 Å². The van der Waals surface area contributed by atoms with Crippen molar-refractivity contribution in [2.75, 3.05) is 32.3 Å². The molecule has 0 fully saturated rings. The minimum absolute atomic E-state index is 0.142. The van der Waals surface area contributed by atoms with E-state index in [-0.39, 0.29) is 5.04 Å².